The van der Waals surface area contributed by atoms with Gasteiger partial charge in [0.25, 0.3) is 5.69 Å². The molecule has 1 aliphatic heterocycles. The number of anilines is 1. The number of aryl methyl sites for hydroxylation is 1. The molecule has 1 fully saturated rings. The molecule has 2 aromatic carbocycles. The molecule has 0 saturated carbocycles. The molecule has 2 aromatic rings. The van der Waals surface area contributed by atoms with Crippen molar-refractivity contribution in [3.63, 3.8) is 0 Å². The molecule has 29 heavy (non-hydrogen) atoms. The second-order valence-electron chi connectivity index (χ2n) is 6.67. The molecular weight excluding hydrogens is 383 g/mol. The molecule has 0 bridgehead atoms. The number of benzene rings is 2. The molecular formula is C20H17FN2O6. The van der Waals surface area contributed by atoms with Crippen LogP contribution >= 0.6 is 0 Å². The maximum atomic E-state index is 12.9. The molecule has 0 radical (unpaired) electrons. The Balaban J connectivity index is 1.63. The molecule has 1 heterocycles. The Morgan fingerprint density at radius 1 is 1.24 bits per heavy atom. The number of rotatable bonds is 6. The van der Waals surface area contributed by atoms with Gasteiger partial charge in [-0.05, 0) is 37.3 Å². The molecule has 150 valence electrons. The summed E-state index contributed by atoms with van der Waals surface area (Å²) in [5.41, 5.74) is 0.868. The van der Waals surface area contributed by atoms with E-state index in [-0.39, 0.29) is 30.1 Å². The summed E-state index contributed by atoms with van der Waals surface area (Å²) in [6.07, 6.45) is -0.120. The van der Waals surface area contributed by atoms with Gasteiger partial charge < -0.3 is 9.64 Å². The molecule has 0 unspecified atom stereocenters. The minimum Gasteiger partial charge on any atom is -0.457 e. The van der Waals surface area contributed by atoms with Gasteiger partial charge in [0.15, 0.2) is 12.4 Å². The normalized spacial score (nSPS) is 16.0. The van der Waals surface area contributed by atoms with E-state index >= 15 is 0 Å². The number of nitro groups is 1. The fraction of sp³-hybridized carbons (Fsp3) is 0.250. The SMILES string of the molecule is Cc1ccc(N2C[C@@H](C(=O)OCC(=O)c3ccc(F)cc3)CC2=O)cc1[N+](=O)[O-]. The number of hydrogen-bond acceptors (Lipinski definition) is 6. The van der Waals surface area contributed by atoms with Crippen LogP contribution in [0.25, 0.3) is 0 Å². The fourth-order valence-corrected chi connectivity index (χ4v) is 3.05. The first-order chi connectivity index (χ1) is 13.8. The van der Waals surface area contributed by atoms with E-state index in [4.69, 9.17) is 4.74 Å². The minimum atomic E-state index is -0.788. The van der Waals surface area contributed by atoms with Crippen molar-refractivity contribution in [3.8, 4) is 0 Å². The van der Waals surface area contributed by atoms with Crippen LogP contribution in [-0.4, -0.2) is 35.7 Å². The van der Waals surface area contributed by atoms with Gasteiger partial charge in [0.2, 0.25) is 5.91 Å². The number of hydrogen-bond donors (Lipinski definition) is 0. The highest BCUT2D eigenvalue weighted by Gasteiger charge is 2.37. The van der Waals surface area contributed by atoms with E-state index < -0.39 is 35.0 Å². The number of amides is 1. The molecule has 0 spiro atoms. The first kappa shape index (κ1) is 20.1. The van der Waals surface area contributed by atoms with Gasteiger partial charge in [-0.1, -0.05) is 6.07 Å². The highest BCUT2D eigenvalue weighted by molar-refractivity contribution is 6.01. The van der Waals surface area contributed by atoms with Crippen LogP contribution < -0.4 is 4.90 Å². The summed E-state index contributed by atoms with van der Waals surface area (Å²) in [6.45, 7) is 1.07. The molecule has 0 N–H and O–H groups in total. The third-order valence-electron chi connectivity index (χ3n) is 4.67. The van der Waals surface area contributed by atoms with Crippen LogP contribution in [0.5, 0.6) is 0 Å². The highest BCUT2D eigenvalue weighted by Crippen LogP contribution is 2.30. The molecule has 9 heteroatoms. The quantitative estimate of drug-likeness (QED) is 0.319. The van der Waals surface area contributed by atoms with Gasteiger partial charge in [-0.15, -0.1) is 0 Å². The first-order valence-electron chi connectivity index (χ1n) is 8.77. The van der Waals surface area contributed by atoms with Crippen molar-refractivity contribution in [3.05, 3.63) is 69.5 Å². The maximum Gasteiger partial charge on any atom is 0.311 e. The van der Waals surface area contributed by atoms with Gasteiger partial charge in [0.1, 0.15) is 5.82 Å². The molecule has 1 saturated heterocycles. The average Bonchev–Trinajstić information content (AvgIpc) is 3.08. The molecule has 3 rings (SSSR count). The monoisotopic (exact) mass is 400 g/mol. The third-order valence-corrected chi connectivity index (χ3v) is 4.67. The van der Waals surface area contributed by atoms with Crippen molar-refractivity contribution in [2.45, 2.75) is 13.3 Å². The van der Waals surface area contributed by atoms with Crippen LogP contribution in [0, 0.1) is 28.8 Å². The van der Waals surface area contributed by atoms with E-state index in [0.29, 0.717) is 11.3 Å². The summed E-state index contributed by atoms with van der Waals surface area (Å²) in [5.74, 6) is -2.84. The summed E-state index contributed by atoms with van der Waals surface area (Å²) in [5, 5.41) is 11.1. The average molecular weight is 400 g/mol. The van der Waals surface area contributed by atoms with Gasteiger partial charge in [0.05, 0.1) is 16.5 Å². The molecule has 8 nitrogen and oxygen atoms in total. The number of halogens is 1. The lowest BCUT2D eigenvalue weighted by Gasteiger charge is -2.16. The summed E-state index contributed by atoms with van der Waals surface area (Å²) in [4.78, 5) is 48.4. The van der Waals surface area contributed by atoms with Crippen molar-refractivity contribution < 1.29 is 28.4 Å². The topological polar surface area (TPSA) is 107 Å². The summed E-state index contributed by atoms with van der Waals surface area (Å²) < 4.78 is 17.9. The van der Waals surface area contributed by atoms with E-state index in [1.54, 1.807) is 13.0 Å². The fourth-order valence-electron chi connectivity index (χ4n) is 3.05. The number of carbonyl (C=O) groups is 3. The summed E-state index contributed by atoms with van der Waals surface area (Å²) >= 11 is 0. The highest BCUT2D eigenvalue weighted by atomic mass is 19.1. The Morgan fingerprint density at radius 3 is 2.59 bits per heavy atom. The van der Waals surface area contributed by atoms with Gasteiger partial charge in [0, 0.05) is 30.2 Å². The largest absolute Gasteiger partial charge is 0.457 e. The lowest BCUT2D eigenvalue weighted by atomic mass is 10.1. The Bertz CT molecular complexity index is 989. The Kier molecular flexibility index (Phi) is 5.67. The zero-order chi connectivity index (χ0) is 21.1. The Hall–Kier alpha value is -3.62. The first-order valence-corrected chi connectivity index (χ1v) is 8.77. The third kappa shape index (κ3) is 4.45. The number of carbonyl (C=O) groups excluding carboxylic acids is 3. The number of nitrogens with zero attached hydrogens (tertiary/aromatic N) is 2. The van der Waals surface area contributed by atoms with Crippen molar-refractivity contribution in [1.29, 1.82) is 0 Å². The molecule has 0 aromatic heterocycles. The van der Waals surface area contributed by atoms with Crippen LogP contribution in [0.2, 0.25) is 0 Å². The lowest BCUT2D eigenvalue weighted by molar-refractivity contribution is -0.385. The molecule has 1 amide bonds. The zero-order valence-electron chi connectivity index (χ0n) is 15.5. The smallest absolute Gasteiger partial charge is 0.311 e. The number of Topliss-reactive ketones (excluding diaryl/α,β-unsaturated/α-hetero) is 1. The second kappa shape index (κ2) is 8.17. The number of nitro benzene ring substituents is 1. The number of ether oxygens (including phenoxy) is 1. The van der Waals surface area contributed by atoms with E-state index in [1.165, 1.54) is 29.2 Å². The zero-order valence-corrected chi connectivity index (χ0v) is 15.5. The van der Waals surface area contributed by atoms with Crippen molar-refractivity contribution >= 4 is 29.0 Å². The number of ketones is 1. The Labute approximate surface area is 165 Å². The number of esters is 1. The van der Waals surface area contributed by atoms with Crippen molar-refractivity contribution in [2.75, 3.05) is 18.1 Å². The minimum absolute atomic E-state index is 0.00260. The summed E-state index contributed by atoms with van der Waals surface area (Å²) in [7, 11) is 0. The van der Waals surface area contributed by atoms with E-state index in [2.05, 4.69) is 0 Å². The van der Waals surface area contributed by atoms with Gasteiger partial charge >= 0.3 is 5.97 Å². The van der Waals surface area contributed by atoms with E-state index in [0.717, 1.165) is 12.1 Å². The van der Waals surface area contributed by atoms with Crippen LogP contribution in [0.1, 0.15) is 22.3 Å². The maximum absolute atomic E-state index is 12.9. The van der Waals surface area contributed by atoms with Gasteiger partial charge in [-0.2, -0.15) is 0 Å². The predicted molar refractivity (Wildman–Crippen MR) is 100.0 cm³/mol. The van der Waals surface area contributed by atoms with Gasteiger partial charge in [-0.25, -0.2) is 4.39 Å². The van der Waals surface area contributed by atoms with Crippen molar-refractivity contribution in [2.24, 2.45) is 5.92 Å². The second-order valence-corrected chi connectivity index (χ2v) is 6.67. The summed E-state index contributed by atoms with van der Waals surface area (Å²) in [6, 6.07) is 9.23. The lowest BCUT2D eigenvalue weighted by Crippen LogP contribution is -2.27. The molecule has 0 aliphatic carbocycles. The predicted octanol–water partition coefficient (Wildman–Crippen LogP) is 2.82. The van der Waals surface area contributed by atoms with Crippen LogP contribution in [0.3, 0.4) is 0 Å². The van der Waals surface area contributed by atoms with Crippen LogP contribution in [0.4, 0.5) is 15.8 Å². The standard InChI is InChI=1S/C20H17FN2O6/c1-12-2-7-16(9-17(12)23(27)28)22-10-14(8-19(22)25)20(26)29-11-18(24)13-3-5-15(21)6-4-13/h2-7,9,14H,8,10-11H2,1H3/t14-/m0/s1. The van der Waals surface area contributed by atoms with Crippen LogP contribution in [-0.2, 0) is 14.3 Å². The molecule has 1 aliphatic rings. The van der Waals surface area contributed by atoms with E-state index in [1.807, 2.05) is 0 Å². The van der Waals surface area contributed by atoms with Crippen molar-refractivity contribution in [1.82, 2.24) is 0 Å². The van der Waals surface area contributed by atoms with E-state index in [9.17, 15) is 28.9 Å². The van der Waals surface area contributed by atoms with Gasteiger partial charge in [-0.3, -0.25) is 24.5 Å². The Morgan fingerprint density at radius 2 is 1.93 bits per heavy atom. The van der Waals surface area contributed by atoms with Crippen LogP contribution in [0.15, 0.2) is 42.5 Å². The molecule has 1 atom stereocenters.